The Kier molecular flexibility index (Phi) is 5.37. The number of H-pyrrole nitrogens is 1. The highest BCUT2D eigenvalue weighted by Crippen LogP contribution is 2.35. The molecule has 3 heterocycles. The van der Waals surface area contributed by atoms with Gasteiger partial charge >= 0.3 is 0 Å². The van der Waals surface area contributed by atoms with Crippen molar-refractivity contribution in [3.8, 4) is 6.07 Å². The highest BCUT2D eigenvalue weighted by atomic mass is 32.1. The van der Waals surface area contributed by atoms with Gasteiger partial charge < -0.3 is 14.1 Å². The van der Waals surface area contributed by atoms with Gasteiger partial charge in [-0.3, -0.25) is 9.59 Å². The molecule has 0 radical (unpaired) electrons. The third-order valence-corrected chi connectivity index (χ3v) is 7.07. The maximum Gasteiger partial charge on any atom is 0.259 e. The smallest absolute Gasteiger partial charge is 0.259 e. The van der Waals surface area contributed by atoms with Crippen LogP contribution in [0.5, 0.6) is 0 Å². The van der Waals surface area contributed by atoms with Crippen LogP contribution in [0.1, 0.15) is 58.1 Å². The van der Waals surface area contributed by atoms with E-state index in [-0.39, 0.29) is 23.8 Å². The molecule has 5 rings (SSSR count). The zero-order valence-corrected chi connectivity index (χ0v) is 18.4. The highest BCUT2D eigenvalue weighted by molar-refractivity contribution is 7.18. The molecule has 1 aromatic carbocycles. The lowest BCUT2D eigenvalue weighted by Gasteiger charge is -2.10. The first-order chi connectivity index (χ1) is 15.6. The Balaban J connectivity index is 1.60. The van der Waals surface area contributed by atoms with E-state index in [9.17, 15) is 14.9 Å². The van der Waals surface area contributed by atoms with Crippen LogP contribution in [0.4, 0.5) is 0 Å². The van der Waals surface area contributed by atoms with Crippen LogP contribution in [0, 0.1) is 11.3 Å². The second kappa shape index (κ2) is 8.34. The highest BCUT2D eigenvalue weighted by Gasteiger charge is 2.31. The van der Waals surface area contributed by atoms with E-state index in [1.807, 2.05) is 31.2 Å². The SMILES string of the molecule is CCOCc1c(C(=O)C(C#N)c2nc3sc4c(c3c(=O)[nH]2)CCCC4)oc2ccccc12. The molecule has 1 aliphatic carbocycles. The molecule has 0 amide bonds. The summed E-state index contributed by atoms with van der Waals surface area (Å²) in [6.45, 7) is 2.53. The van der Waals surface area contributed by atoms with Crippen LogP contribution in [0.2, 0.25) is 0 Å². The van der Waals surface area contributed by atoms with Gasteiger partial charge in [-0.2, -0.15) is 5.26 Å². The number of aromatic nitrogens is 2. The van der Waals surface area contributed by atoms with Crippen molar-refractivity contribution < 1.29 is 13.9 Å². The Hall–Kier alpha value is -3.28. The number of Topliss-reactive ketones (excluding diaryl/α,β-unsaturated/α-hetero) is 1. The molecule has 162 valence electrons. The topological polar surface area (TPSA) is 109 Å². The van der Waals surface area contributed by atoms with Crippen molar-refractivity contribution in [1.82, 2.24) is 9.97 Å². The largest absolute Gasteiger partial charge is 0.453 e. The summed E-state index contributed by atoms with van der Waals surface area (Å²) >= 11 is 1.49. The number of fused-ring (bicyclic) bond motifs is 4. The Morgan fingerprint density at radius 3 is 2.97 bits per heavy atom. The summed E-state index contributed by atoms with van der Waals surface area (Å²) in [7, 11) is 0. The zero-order valence-electron chi connectivity index (χ0n) is 17.6. The summed E-state index contributed by atoms with van der Waals surface area (Å²) in [4.78, 5) is 35.4. The van der Waals surface area contributed by atoms with Gasteiger partial charge in [0, 0.05) is 22.4 Å². The van der Waals surface area contributed by atoms with Crippen molar-refractivity contribution in [3.63, 3.8) is 0 Å². The molecule has 0 aliphatic heterocycles. The third-order valence-electron chi connectivity index (χ3n) is 5.88. The van der Waals surface area contributed by atoms with E-state index >= 15 is 0 Å². The monoisotopic (exact) mass is 447 g/mol. The molecule has 0 bridgehead atoms. The summed E-state index contributed by atoms with van der Waals surface area (Å²) in [5, 5.41) is 11.2. The second-order valence-electron chi connectivity index (χ2n) is 7.81. The van der Waals surface area contributed by atoms with Crippen LogP contribution in [0.3, 0.4) is 0 Å². The summed E-state index contributed by atoms with van der Waals surface area (Å²) < 4.78 is 11.4. The minimum Gasteiger partial charge on any atom is -0.453 e. The lowest BCUT2D eigenvalue weighted by molar-refractivity contribution is 0.0938. The number of nitrogens with zero attached hydrogens (tertiary/aromatic N) is 2. The number of carbonyl (C=O) groups excluding carboxylic acids is 1. The number of nitrogens with one attached hydrogen (secondary N) is 1. The number of rotatable bonds is 6. The molecule has 1 aliphatic rings. The van der Waals surface area contributed by atoms with Gasteiger partial charge in [0.2, 0.25) is 5.78 Å². The molecular weight excluding hydrogens is 426 g/mol. The van der Waals surface area contributed by atoms with Crippen molar-refractivity contribution in [2.45, 2.75) is 45.1 Å². The van der Waals surface area contributed by atoms with Crippen molar-refractivity contribution >= 4 is 38.3 Å². The number of nitriles is 1. The molecule has 32 heavy (non-hydrogen) atoms. The van der Waals surface area contributed by atoms with Gasteiger partial charge in [-0.1, -0.05) is 18.2 Å². The maximum absolute atomic E-state index is 13.4. The van der Waals surface area contributed by atoms with E-state index in [4.69, 9.17) is 9.15 Å². The molecule has 1 atom stereocenters. The fourth-order valence-corrected chi connectivity index (χ4v) is 5.61. The summed E-state index contributed by atoms with van der Waals surface area (Å²) in [5.41, 5.74) is 1.91. The van der Waals surface area contributed by atoms with Crippen molar-refractivity contribution in [3.05, 3.63) is 62.2 Å². The van der Waals surface area contributed by atoms with E-state index in [0.717, 1.165) is 36.6 Å². The lowest BCUT2D eigenvalue weighted by Crippen LogP contribution is -2.20. The number of hydrogen-bond donors (Lipinski definition) is 1. The average Bonchev–Trinajstić information content (AvgIpc) is 3.36. The van der Waals surface area contributed by atoms with Gasteiger partial charge in [0.15, 0.2) is 11.7 Å². The summed E-state index contributed by atoms with van der Waals surface area (Å²) in [6.07, 6.45) is 3.94. The minimum absolute atomic E-state index is 0.0522. The predicted octanol–water partition coefficient (Wildman–Crippen LogP) is 4.64. The number of aromatic amines is 1. The molecule has 1 unspecified atom stereocenters. The molecule has 3 aromatic heterocycles. The Bertz CT molecular complexity index is 1440. The maximum atomic E-state index is 13.4. The second-order valence-corrected chi connectivity index (χ2v) is 8.90. The number of furan rings is 1. The first kappa shape index (κ1) is 20.6. The first-order valence-electron chi connectivity index (χ1n) is 10.7. The number of thiophene rings is 1. The number of hydrogen-bond acceptors (Lipinski definition) is 7. The van der Waals surface area contributed by atoms with Crippen molar-refractivity contribution in [2.75, 3.05) is 6.61 Å². The number of ether oxygens (including phenoxy) is 1. The Morgan fingerprint density at radius 1 is 1.34 bits per heavy atom. The van der Waals surface area contributed by atoms with E-state index in [2.05, 4.69) is 9.97 Å². The number of para-hydroxylation sites is 1. The summed E-state index contributed by atoms with van der Waals surface area (Å²) in [6, 6.07) is 9.32. The molecule has 1 N–H and O–H groups in total. The van der Waals surface area contributed by atoms with Gasteiger partial charge in [0.05, 0.1) is 18.1 Å². The minimum atomic E-state index is -1.29. The van der Waals surface area contributed by atoms with E-state index in [1.165, 1.54) is 16.2 Å². The lowest BCUT2D eigenvalue weighted by atomic mass is 9.97. The van der Waals surface area contributed by atoms with Gasteiger partial charge in [0.1, 0.15) is 16.2 Å². The first-order valence-corrected chi connectivity index (χ1v) is 11.5. The average molecular weight is 448 g/mol. The van der Waals surface area contributed by atoms with E-state index < -0.39 is 11.7 Å². The Labute approximate surface area is 187 Å². The van der Waals surface area contributed by atoms with Crippen LogP contribution in [0.15, 0.2) is 33.5 Å². The van der Waals surface area contributed by atoms with Crippen LogP contribution >= 0.6 is 11.3 Å². The molecule has 4 aromatic rings. The molecule has 0 spiro atoms. The fraction of sp³-hybridized carbons (Fsp3) is 0.333. The van der Waals surface area contributed by atoms with Gasteiger partial charge in [-0.25, -0.2) is 4.98 Å². The normalized spacial score (nSPS) is 14.4. The molecule has 0 saturated heterocycles. The number of aryl methyl sites for hydroxylation is 2. The molecule has 8 heteroatoms. The van der Waals surface area contributed by atoms with Crippen molar-refractivity contribution in [1.29, 1.82) is 5.26 Å². The van der Waals surface area contributed by atoms with Gasteiger partial charge in [-0.05, 0) is 44.2 Å². The van der Waals surface area contributed by atoms with Gasteiger partial charge in [0.25, 0.3) is 5.56 Å². The summed E-state index contributed by atoms with van der Waals surface area (Å²) in [5.74, 6) is -1.70. The number of carbonyl (C=O) groups is 1. The molecule has 0 saturated carbocycles. The van der Waals surface area contributed by atoms with Crippen LogP contribution in [-0.2, 0) is 24.2 Å². The third kappa shape index (κ3) is 3.34. The molecular formula is C24H21N3O4S. The Morgan fingerprint density at radius 2 is 2.16 bits per heavy atom. The number of benzene rings is 1. The van der Waals surface area contributed by atoms with Crippen molar-refractivity contribution in [2.24, 2.45) is 0 Å². The predicted molar refractivity (Wildman–Crippen MR) is 121 cm³/mol. The standard InChI is InChI=1S/C24H21N3O4S/c1-2-30-12-16-13-7-3-5-9-17(13)31-21(16)20(28)15(11-25)22-26-23(29)19-14-8-4-6-10-18(14)32-24(19)27-22/h3,5,7,9,15H,2,4,6,8,10,12H2,1H3,(H,26,27,29). The zero-order chi connectivity index (χ0) is 22.2. The van der Waals surface area contributed by atoms with E-state index in [0.29, 0.717) is 28.0 Å². The van der Waals surface area contributed by atoms with Crippen LogP contribution < -0.4 is 5.56 Å². The van der Waals surface area contributed by atoms with Gasteiger partial charge in [-0.15, -0.1) is 11.3 Å². The number of ketones is 1. The molecule has 7 nitrogen and oxygen atoms in total. The fourth-order valence-electron chi connectivity index (χ4n) is 4.34. The quantitative estimate of drug-likeness (QED) is 0.432. The van der Waals surface area contributed by atoms with E-state index in [1.54, 1.807) is 6.07 Å². The van der Waals surface area contributed by atoms with Crippen LogP contribution in [0.25, 0.3) is 21.2 Å². The molecule has 0 fully saturated rings. The van der Waals surface area contributed by atoms with Crippen LogP contribution in [-0.4, -0.2) is 22.4 Å².